The number of carbonyl (C=O) groups is 2. The summed E-state index contributed by atoms with van der Waals surface area (Å²) < 4.78 is 0. The van der Waals surface area contributed by atoms with Crippen molar-refractivity contribution in [3.8, 4) is 0 Å². The number of hydrogen-bond acceptors (Lipinski definition) is 3. The van der Waals surface area contributed by atoms with Gasteiger partial charge in [-0.2, -0.15) is 0 Å². The Morgan fingerprint density at radius 3 is 2.25 bits per heavy atom. The van der Waals surface area contributed by atoms with Crippen LogP contribution < -0.4 is 10.6 Å². The average Bonchev–Trinajstić information content (AvgIpc) is 2.49. The van der Waals surface area contributed by atoms with Crippen LogP contribution in [0, 0.1) is 0 Å². The Hall–Kier alpha value is -2.27. The van der Waals surface area contributed by atoms with Crippen molar-refractivity contribution in [2.45, 2.75) is 9.79 Å². The van der Waals surface area contributed by atoms with Gasteiger partial charge in [-0.1, -0.05) is 42.1 Å². The topological polar surface area (TPSA) is 58.2 Å². The van der Waals surface area contributed by atoms with Crippen LogP contribution >= 0.6 is 11.8 Å². The zero-order chi connectivity index (χ0) is 14.4. The minimum absolute atomic E-state index is 0.620. The van der Waals surface area contributed by atoms with E-state index in [0.29, 0.717) is 5.69 Å². The van der Waals surface area contributed by atoms with E-state index in [2.05, 4.69) is 10.6 Å². The first-order chi connectivity index (χ1) is 9.70. The van der Waals surface area contributed by atoms with Gasteiger partial charge in [0.15, 0.2) is 0 Å². The number of amides is 2. The fraction of sp³-hybridized carbons (Fsp3) is 0.0667. The lowest BCUT2D eigenvalue weighted by molar-refractivity contribution is -0.135. The molecule has 0 atom stereocenters. The molecule has 0 fully saturated rings. The van der Waals surface area contributed by atoms with Crippen LogP contribution in [0.1, 0.15) is 0 Å². The third kappa shape index (κ3) is 3.61. The predicted molar refractivity (Wildman–Crippen MR) is 79.7 cm³/mol. The highest BCUT2D eigenvalue weighted by Crippen LogP contribution is 2.33. The molecule has 20 heavy (non-hydrogen) atoms. The highest BCUT2D eigenvalue weighted by Gasteiger charge is 2.13. The van der Waals surface area contributed by atoms with Gasteiger partial charge in [-0.3, -0.25) is 9.59 Å². The van der Waals surface area contributed by atoms with Crippen molar-refractivity contribution in [2.24, 2.45) is 0 Å². The van der Waals surface area contributed by atoms with Crippen LogP contribution in [0.25, 0.3) is 0 Å². The molecule has 0 saturated carbocycles. The van der Waals surface area contributed by atoms with Gasteiger partial charge in [0.2, 0.25) is 0 Å². The largest absolute Gasteiger partial charge is 0.351 e. The zero-order valence-corrected chi connectivity index (χ0v) is 11.7. The van der Waals surface area contributed by atoms with Gasteiger partial charge in [-0.25, -0.2) is 0 Å². The summed E-state index contributed by atoms with van der Waals surface area (Å²) >= 11 is 1.53. The molecule has 0 aliphatic carbocycles. The molecule has 0 heterocycles. The molecule has 0 spiro atoms. The summed E-state index contributed by atoms with van der Waals surface area (Å²) in [5, 5.41) is 4.91. The second kappa shape index (κ2) is 6.77. The molecular weight excluding hydrogens is 272 g/mol. The minimum Gasteiger partial charge on any atom is -0.351 e. The van der Waals surface area contributed by atoms with Crippen LogP contribution in [0.5, 0.6) is 0 Å². The molecule has 5 heteroatoms. The minimum atomic E-state index is -0.673. The molecular formula is C15H14N2O2S. The van der Waals surface area contributed by atoms with E-state index in [1.165, 1.54) is 18.8 Å². The first kappa shape index (κ1) is 14.1. The monoisotopic (exact) mass is 286 g/mol. The van der Waals surface area contributed by atoms with Crippen molar-refractivity contribution in [1.29, 1.82) is 0 Å². The third-order valence-corrected chi connectivity index (χ3v) is 3.62. The molecule has 0 aromatic heterocycles. The van der Waals surface area contributed by atoms with Gasteiger partial charge in [0.1, 0.15) is 0 Å². The van der Waals surface area contributed by atoms with Gasteiger partial charge >= 0.3 is 11.8 Å². The van der Waals surface area contributed by atoms with E-state index in [1.807, 2.05) is 48.5 Å². The van der Waals surface area contributed by atoms with E-state index in [9.17, 15) is 9.59 Å². The maximum Gasteiger partial charge on any atom is 0.313 e. The Balaban J connectivity index is 2.18. The summed E-state index contributed by atoms with van der Waals surface area (Å²) in [5.74, 6) is -1.34. The molecule has 0 saturated heterocycles. The molecule has 102 valence electrons. The first-order valence-electron chi connectivity index (χ1n) is 6.05. The van der Waals surface area contributed by atoms with Crippen LogP contribution in [0.15, 0.2) is 64.4 Å². The summed E-state index contributed by atoms with van der Waals surface area (Å²) in [7, 11) is 1.42. The van der Waals surface area contributed by atoms with Crippen molar-refractivity contribution in [3.63, 3.8) is 0 Å². The van der Waals surface area contributed by atoms with E-state index in [4.69, 9.17) is 0 Å². The molecule has 0 bridgehead atoms. The summed E-state index contributed by atoms with van der Waals surface area (Å²) in [6.45, 7) is 0. The maximum absolute atomic E-state index is 11.6. The molecule has 0 aliphatic heterocycles. The predicted octanol–water partition coefficient (Wildman–Crippen LogP) is 2.52. The number of rotatable bonds is 3. The Labute approximate surface area is 121 Å². The van der Waals surface area contributed by atoms with Gasteiger partial charge in [0, 0.05) is 16.8 Å². The van der Waals surface area contributed by atoms with Crippen molar-refractivity contribution in [3.05, 3.63) is 54.6 Å². The number of nitrogens with one attached hydrogen (secondary N) is 2. The lowest BCUT2D eigenvalue weighted by atomic mass is 10.3. The van der Waals surface area contributed by atoms with Crippen molar-refractivity contribution >= 4 is 29.3 Å². The quantitative estimate of drug-likeness (QED) is 0.852. The number of hydrogen-bond donors (Lipinski definition) is 2. The van der Waals surface area contributed by atoms with Crippen LogP contribution in [-0.2, 0) is 9.59 Å². The van der Waals surface area contributed by atoms with E-state index in [0.717, 1.165) is 9.79 Å². The SMILES string of the molecule is CNC(=O)C(=O)Nc1ccccc1Sc1ccccc1. The van der Waals surface area contributed by atoms with E-state index < -0.39 is 11.8 Å². The number of benzene rings is 2. The van der Waals surface area contributed by atoms with Crippen LogP contribution in [0.2, 0.25) is 0 Å². The fourth-order valence-corrected chi connectivity index (χ4v) is 2.49. The van der Waals surface area contributed by atoms with Gasteiger partial charge in [0.25, 0.3) is 0 Å². The van der Waals surface area contributed by atoms with Gasteiger partial charge < -0.3 is 10.6 Å². The van der Waals surface area contributed by atoms with Crippen LogP contribution in [0.4, 0.5) is 5.69 Å². The number of carbonyl (C=O) groups excluding carboxylic acids is 2. The second-order valence-corrected chi connectivity index (χ2v) is 5.06. The summed E-state index contributed by atoms with van der Waals surface area (Å²) in [5.41, 5.74) is 0.620. The summed E-state index contributed by atoms with van der Waals surface area (Å²) in [6, 6.07) is 17.2. The maximum atomic E-state index is 11.6. The van der Waals surface area contributed by atoms with E-state index in [1.54, 1.807) is 6.07 Å². The molecule has 2 aromatic rings. The smallest absolute Gasteiger partial charge is 0.313 e. The number of para-hydroxylation sites is 1. The summed E-state index contributed by atoms with van der Waals surface area (Å²) in [4.78, 5) is 24.8. The molecule has 4 nitrogen and oxygen atoms in total. The third-order valence-electron chi connectivity index (χ3n) is 2.54. The number of likely N-dealkylation sites (N-methyl/N-ethyl adjacent to an activating group) is 1. The van der Waals surface area contributed by atoms with Crippen molar-refractivity contribution < 1.29 is 9.59 Å². The van der Waals surface area contributed by atoms with Crippen molar-refractivity contribution in [2.75, 3.05) is 12.4 Å². The highest BCUT2D eigenvalue weighted by molar-refractivity contribution is 7.99. The number of anilines is 1. The van der Waals surface area contributed by atoms with Crippen molar-refractivity contribution in [1.82, 2.24) is 5.32 Å². The van der Waals surface area contributed by atoms with Gasteiger partial charge in [0.05, 0.1) is 5.69 Å². The Bertz CT molecular complexity index is 614. The lowest BCUT2D eigenvalue weighted by Gasteiger charge is -2.10. The molecule has 2 N–H and O–H groups in total. The normalized spacial score (nSPS) is 9.85. The Kier molecular flexibility index (Phi) is 4.79. The van der Waals surface area contributed by atoms with E-state index in [-0.39, 0.29) is 0 Å². The highest BCUT2D eigenvalue weighted by atomic mass is 32.2. The van der Waals surface area contributed by atoms with Gasteiger partial charge in [-0.15, -0.1) is 0 Å². The molecule has 2 amide bonds. The second-order valence-electron chi connectivity index (χ2n) is 3.94. The Morgan fingerprint density at radius 1 is 0.900 bits per heavy atom. The molecule has 0 radical (unpaired) electrons. The molecule has 0 aliphatic rings. The molecule has 2 rings (SSSR count). The van der Waals surface area contributed by atoms with Crippen LogP contribution in [0.3, 0.4) is 0 Å². The van der Waals surface area contributed by atoms with E-state index >= 15 is 0 Å². The lowest BCUT2D eigenvalue weighted by Crippen LogP contribution is -2.32. The fourth-order valence-electron chi connectivity index (χ4n) is 1.57. The first-order valence-corrected chi connectivity index (χ1v) is 6.87. The standard InChI is InChI=1S/C15H14N2O2S/c1-16-14(18)15(19)17-12-9-5-6-10-13(12)20-11-7-3-2-4-8-11/h2-10H,1H3,(H,16,18)(H,17,19). The summed E-state index contributed by atoms with van der Waals surface area (Å²) in [6.07, 6.45) is 0. The zero-order valence-electron chi connectivity index (χ0n) is 10.9. The molecule has 0 unspecified atom stereocenters. The molecule has 2 aromatic carbocycles. The average molecular weight is 286 g/mol. The van der Waals surface area contributed by atoms with Gasteiger partial charge in [-0.05, 0) is 24.3 Å². The van der Waals surface area contributed by atoms with Crippen LogP contribution in [-0.4, -0.2) is 18.9 Å². The Morgan fingerprint density at radius 2 is 1.55 bits per heavy atom.